The Morgan fingerprint density at radius 2 is 1.69 bits per heavy atom. The van der Waals surface area contributed by atoms with Gasteiger partial charge < -0.3 is 10.6 Å². The third kappa shape index (κ3) is 4.20. The summed E-state index contributed by atoms with van der Waals surface area (Å²) in [6, 6.07) is 17.7. The van der Waals surface area contributed by atoms with E-state index in [1.807, 2.05) is 42.5 Å². The number of nitrogens with zero attached hydrogens (tertiary/aromatic N) is 1. The molecule has 0 saturated carbocycles. The minimum absolute atomic E-state index is 0.0115. The first-order chi connectivity index (χ1) is 12.6. The third-order valence-corrected chi connectivity index (χ3v) is 5.20. The van der Waals surface area contributed by atoms with Gasteiger partial charge in [0.25, 0.3) is 0 Å². The van der Waals surface area contributed by atoms with Gasteiger partial charge in [-0.1, -0.05) is 61.5 Å². The maximum absolute atomic E-state index is 12.5. The van der Waals surface area contributed by atoms with Gasteiger partial charge in [-0.25, -0.2) is 0 Å². The highest BCUT2D eigenvalue weighted by Gasteiger charge is 2.33. The number of aryl methyl sites for hydroxylation is 1. The Hall–Kier alpha value is -2.46. The van der Waals surface area contributed by atoms with E-state index in [9.17, 15) is 9.59 Å². The summed E-state index contributed by atoms with van der Waals surface area (Å²) in [6.07, 6.45) is 1.43. The van der Waals surface area contributed by atoms with Crippen molar-refractivity contribution in [3.63, 3.8) is 0 Å². The topological polar surface area (TPSA) is 63.4 Å². The van der Waals surface area contributed by atoms with E-state index < -0.39 is 0 Å². The molecular formula is C22H26N2O2. The molecular weight excluding hydrogens is 324 g/mol. The fourth-order valence-corrected chi connectivity index (χ4v) is 3.53. The lowest BCUT2D eigenvalue weighted by molar-refractivity contribution is -0.130. The molecule has 1 fully saturated rings. The number of carbonyl (C=O) groups is 2. The van der Waals surface area contributed by atoms with E-state index in [0.717, 1.165) is 6.42 Å². The molecule has 136 valence electrons. The van der Waals surface area contributed by atoms with Gasteiger partial charge >= 0.3 is 0 Å². The fraction of sp³-hybridized carbons (Fsp3) is 0.364. The number of benzene rings is 2. The fourth-order valence-electron chi connectivity index (χ4n) is 3.53. The highest BCUT2D eigenvalue weighted by atomic mass is 16.2. The van der Waals surface area contributed by atoms with Gasteiger partial charge in [-0.15, -0.1) is 0 Å². The summed E-state index contributed by atoms with van der Waals surface area (Å²) in [7, 11) is 0. The molecule has 26 heavy (non-hydrogen) atoms. The van der Waals surface area contributed by atoms with Crippen LogP contribution in [0.2, 0.25) is 0 Å². The maximum atomic E-state index is 12.5. The molecule has 0 radical (unpaired) electrons. The third-order valence-electron chi connectivity index (χ3n) is 5.20. The number of ketones is 1. The number of hydrogen-bond acceptors (Lipinski definition) is 3. The van der Waals surface area contributed by atoms with Crippen LogP contribution < -0.4 is 5.73 Å². The van der Waals surface area contributed by atoms with E-state index in [-0.39, 0.29) is 36.5 Å². The van der Waals surface area contributed by atoms with Crippen LogP contribution in [-0.2, 0) is 11.2 Å². The summed E-state index contributed by atoms with van der Waals surface area (Å²) in [5.74, 6) is 0.193. The quantitative estimate of drug-likeness (QED) is 0.814. The lowest BCUT2D eigenvalue weighted by Crippen LogP contribution is -2.32. The number of carbonyl (C=O) groups excluding carboxylic acids is 2. The molecule has 1 aliphatic rings. The van der Waals surface area contributed by atoms with Crippen LogP contribution in [0.15, 0.2) is 54.6 Å². The molecule has 1 aliphatic heterocycles. The van der Waals surface area contributed by atoms with E-state index in [4.69, 9.17) is 5.73 Å². The summed E-state index contributed by atoms with van der Waals surface area (Å²) >= 11 is 0. The smallest absolute Gasteiger partial charge is 0.223 e. The zero-order valence-corrected chi connectivity index (χ0v) is 15.2. The minimum Gasteiger partial charge on any atom is -0.340 e. The lowest BCUT2D eigenvalue weighted by atomic mass is 9.95. The van der Waals surface area contributed by atoms with Crippen molar-refractivity contribution < 1.29 is 9.59 Å². The van der Waals surface area contributed by atoms with Gasteiger partial charge in [0.2, 0.25) is 5.91 Å². The molecule has 2 aromatic rings. The van der Waals surface area contributed by atoms with Gasteiger partial charge in [0.15, 0.2) is 5.78 Å². The highest BCUT2D eigenvalue weighted by Crippen LogP contribution is 2.27. The molecule has 2 N–H and O–H groups in total. The Kier molecular flexibility index (Phi) is 5.84. The van der Waals surface area contributed by atoms with Crippen molar-refractivity contribution in [2.75, 3.05) is 13.1 Å². The van der Waals surface area contributed by atoms with Crippen molar-refractivity contribution in [1.82, 2.24) is 4.90 Å². The molecule has 2 atom stereocenters. The Labute approximate surface area is 155 Å². The van der Waals surface area contributed by atoms with Gasteiger partial charge in [0, 0.05) is 43.5 Å². The molecule has 0 spiro atoms. The van der Waals surface area contributed by atoms with E-state index in [1.54, 1.807) is 4.90 Å². The van der Waals surface area contributed by atoms with Crippen LogP contribution >= 0.6 is 0 Å². The van der Waals surface area contributed by atoms with Crippen LogP contribution in [-0.4, -0.2) is 35.7 Å². The van der Waals surface area contributed by atoms with Gasteiger partial charge in [-0.2, -0.15) is 0 Å². The normalized spacial score (nSPS) is 19.5. The molecule has 1 heterocycles. The Morgan fingerprint density at radius 1 is 1.00 bits per heavy atom. The zero-order valence-electron chi connectivity index (χ0n) is 15.2. The van der Waals surface area contributed by atoms with E-state index in [1.165, 1.54) is 11.1 Å². The second-order valence-corrected chi connectivity index (χ2v) is 6.95. The number of Topliss-reactive ketones (excluding diaryl/α,β-unsaturated/α-hetero) is 1. The number of hydrogen-bond donors (Lipinski definition) is 1. The standard InChI is InChI=1S/C22H26N2O2/c1-2-16-8-10-18(11-9-16)21(25)12-13-22(26)24-14-19(20(23)15-24)17-6-4-3-5-7-17/h3-11,19-20H,2,12-15,23H2,1H3/t19-,20+/m0/s1. The van der Waals surface area contributed by atoms with Crippen molar-refractivity contribution in [3.8, 4) is 0 Å². The van der Waals surface area contributed by atoms with Crippen molar-refractivity contribution in [2.45, 2.75) is 38.1 Å². The zero-order chi connectivity index (χ0) is 18.5. The van der Waals surface area contributed by atoms with E-state index in [0.29, 0.717) is 18.7 Å². The van der Waals surface area contributed by atoms with Gasteiger partial charge in [0.1, 0.15) is 0 Å². The van der Waals surface area contributed by atoms with Crippen LogP contribution in [0.1, 0.15) is 47.2 Å². The molecule has 0 unspecified atom stereocenters. The van der Waals surface area contributed by atoms with E-state index in [2.05, 4.69) is 19.1 Å². The predicted octanol–water partition coefficient (Wildman–Crippen LogP) is 3.17. The largest absolute Gasteiger partial charge is 0.340 e. The summed E-state index contributed by atoms with van der Waals surface area (Å²) in [5.41, 5.74) is 9.30. The van der Waals surface area contributed by atoms with E-state index >= 15 is 0 Å². The molecule has 1 saturated heterocycles. The molecule has 4 nitrogen and oxygen atoms in total. The first kappa shape index (κ1) is 18.3. The summed E-state index contributed by atoms with van der Waals surface area (Å²) in [5, 5.41) is 0. The number of nitrogens with two attached hydrogens (primary N) is 1. The predicted molar refractivity (Wildman–Crippen MR) is 103 cm³/mol. The van der Waals surface area contributed by atoms with Gasteiger partial charge in [-0.3, -0.25) is 9.59 Å². The van der Waals surface area contributed by atoms with Crippen molar-refractivity contribution in [2.24, 2.45) is 5.73 Å². The SMILES string of the molecule is CCc1ccc(C(=O)CCC(=O)N2C[C@@H](N)[C@H](c3ccccc3)C2)cc1. The monoisotopic (exact) mass is 350 g/mol. The highest BCUT2D eigenvalue weighted by molar-refractivity contribution is 5.98. The van der Waals surface area contributed by atoms with Crippen LogP contribution in [0.5, 0.6) is 0 Å². The Morgan fingerprint density at radius 3 is 2.35 bits per heavy atom. The summed E-state index contributed by atoms with van der Waals surface area (Å²) < 4.78 is 0. The van der Waals surface area contributed by atoms with Gasteiger partial charge in [-0.05, 0) is 17.5 Å². The van der Waals surface area contributed by atoms with Crippen LogP contribution in [0, 0.1) is 0 Å². The Balaban J connectivity index is 1.54. The summed E-state index contributed by atoms with van der Waals surface area (Å²) in [4.78, 5) is 26.6. The first-order valence-corrected chi connectivity index (χ1v) is 9.29. The maximum Gasteiger partial charge on any atom is 0.223 e. The molecule has 4 heteroatoms. The van der Waals surface area contributed by atoms with Gasteiger partial charge in [0.05, 0.1) is 0 Å². The average molecular weight is 350 g/mol. The Bertz CT molecular complexity index is 755. The molecule has 3 rings (SSSR count). The second kappa shape index (κ2) is 8.28. The summed E-state index contributed by atoms with van der Waals surface area (Å²) in [6.45, 7) is 3.26. The van der Waals surface area contributed by atoms with Crippen molar-refractivity contribution >= 4 is 11.7 Å². The van der Waals surface area contributed by atoms with Crippen LogP contribution in [0.4, 0.5) is 0 Å². The molecule has 0 aromatic heterocycles. The van der Waals surface area contributed by atoms with Crippen LogP contribution in [0.25, 0.3) is 0 Å². The lowest BCUT2D eigenvalue weighted by Gasteiger charge is -2.16. The molecule has 0 bridgehead atoms. The number of amides is 1. The average Bonchev–Trinajstić information content (AvgIpc) is 3.08. The molecule has 0 aliphatic carbocycles. The van der Waals surface area contributed by atoms with Crippen LogP contribution in [0.3, 0.4) is 0 Å². The van der Waals surface area contributed by atoms with Crippen molar-refractivity contribution in [3.05, 3.63) is 71.3 Å². The number of rotatable bonds is 6. The van der Waals surface area contributed by atoms with Crippen molar-refractivity contribution in [1.29, 1.82) is 0 Å². The second-order valence-electron chi connectivity index (χ2n) is 6.95. The molecule has 1 amide bonds. The minimum atomic E-state index is -0.0568. The number of likely N-dealkylation sites (tertiary alicyclic amines) is 1. The molecule has 2 aromatic carbocycles. The first-order valence-electron chi connectivity index (χ1n) is 9.29.